The number of nitriles is 1. The van der Waals surface area contributed by atoms with Crippen LogP contribution in [0.25, 0.3) is 0 Å². The van der Waals surface area contributed by atoms with Gasteiger partial charge in [0, 0.05) is 5.02 Å². The zero-order valence-electron chi connectivity index (χ0n) is 9.01. The Hall–Kier alpha value is -1.43. The summed E-state index contributed by atoms with van der Waals surface area (Å²) >= 11 is 7.12. The van der Waals surface area contributed by atoms with Crippen LogP contribution in [-0.4, -0.2) is 0 Å². The van der Waals surface area contributed by atoms with Crippen molar-refractivity contribution >= 4 is 23.4 Å². The normalized spacial score (nSPS) is 11.8. The Kier molecular flexibility index (Phi) is 4.08. The molecule has 0 amide bonds. The van der Waals surface area contributed by atoms with Crippen LogP contribution in [0.1, 0.15) is 16.4 Å². The number of rotatable bonds is 3. The van der Waals surface area contributed by atoms with Gasteiger partial charge < -0.3 is 0 Å². The Labute approximate surface area is 110 Å². The lowest BCUT2D eigenvalue weighted by atomic mass is 10.0. The maximum absolute atomic E-state index is 8.90. The number of halogens is 1. The summed E-state index contributed by atoms with van der Waals surface area (Å²) < 4.78 is 0. The van der Waals surface area contributed by atoms with E-state index in [1.165, 1.54) is 11.8 Å². The summed E-state index contributed by atoms with van der Waals surface area (Å²) in [5, 5.41) is 11.8. The van der Waals surface area contributed by atoms with Gasteiger partial charge >= 0.3 is 0 Å². The molecule has 0 spiro atoms. The van der Waals surface area contributed by atoms with E-state index in [2.05, 4.69) is 5.40 Å². The van der Waals surface area contributed by atoms with Gasteiger partial charge in [0.05, 0.1) is 5.25 Å². The van der Waals surface area contributed by atoms with E-state index in [1.54, 1.807) is 0 Å². The van der Waals surface area contributed by atoms with Gasteiger partial charge in [-0.1, -0.05) is 54.1 Å². The van der Waals surface area contributed by atoms with E-state index in [0.717, 1.165) is 11.1 Å². The van der Waals surface area contributed by atoms with Crippen molar-refractivity contribution < 1.29 is 0 Å². The van der Waals surface area contributed by atoms with Crippen molar-refractivity contribution in [3.05, 3.63) is 70.7 Å². The predicted molar refractivity (Wildman–Crippen MR) is 72.9 cm³/mol. The Morgan fingerprint density at radius 1 is 0.941 bits per heavy atom. The summed E-state index contributed by atoms with van der Waals surface area (Å²) in [6.45, 7) is 0. The monoisotopic (exact) mass is 259 g/mol. The molecule has 0 saturated carbocycles. The van der Waals surface area contributed by atoms with Crippen molar-refractivity contribution in [3.63, 3.8) is 0 Å². The molecule has 1 unspecified atom stereocenters. The smallest absolute Gasteiger partial charge is 0.134 e. The molecule has 0 N–H and O–H groups in total. The number of hydrogen-bond donors (Lipinski definition) is 0. The van der Waals surface area contributed by atoms with E-state index >= 15 is 0 Å². The first-order valence-corrected chi connectivity index (χ1v) is 6.42. The van der Waals surface area contributed by atoms with E-state index in [0.29, 0.717) is 5.02 Å². The summed E-state index contributed by atoms with van der Waals surface area (Å²) in [4.78, 5) is 0. The molecule has 0 aromatic heterocycles. The standard InChI is InChI=1S/C14H10ClNS/c15-13-8-6-12(7-9-13)14(17-10-16)11-4-2-1-3-5-11/h1-9,14H. The first-order valence-electron chi connectivity index (χ1n) is 5.16. The third kappa shape index (κ3) is 3.03. The lowest BCUT2D eigenvalue weighted by Gasteiger charge is -2.13. The lowest BCUT2D eigenvalue weighted by molar-refractivity contribution is 1.16. The zero-order valence-corrected chi connectivity index (χ0v) is 10.6. The topological polar surface area (TPSA) is 23.8 Å². The average Bonchev–Trinajstić information content (AvgIpc) is 2.38. The quantitative estimate of drug-likeness (QED) is 0.750. The van der Waals surface area contributed by atoms with Crippen LogP contribution in [0.4, 0.5) is 0 Å². The molecule has 2 aromatic rings. The van der Waals surface area contributed by atoms with Gasteiger partial charge in [0.15, 0.2) is 0 Å². The molecule has 0 aliphatic heterocycles. The largest absolute Gasteiger partial charge is 0.185 e. The zero-order chi connectivity index (χ0) is 12.1. The minimum atomic E-state index is 0.0402. The molecule has 1 atom stereocenters. The molecule has 84 valence electrons. The molecular formula is C14H10ClNS. The number of thiocyanates is 1. The maximum Gasteiger partial charge on any atom is 0.134 e. The number of nitrogens with zero attached hydrogens (tertiary/aromatic N) is 1. The second kappa shape index (κ2) is 5.77. The van der Waals surface area contributed by atoms with Gasteiger partial charge in [0.2, 0.25) is 0 Å². The molecule has 17 heavy (non-hydrogen) atoms. The van der Waals surface area contributed by atoms with E-state index in [1.807, 2.05) is 54.6 Å². The fourth-order valence-corrected chi connectivity index (χ4v) is 2.46. The molecule has 0 bridgehead atoms. The van der Waals surface area contributed by atoms with Crippen molar-refractivity contribution in [1.82, 2.24) is 0 Å². The second-order valence-electron chi connectivity index (χ2n) is 3.55. The first-order chi connectivity index (χ1) is 8.31. The molecule has 0 aliphatic rings. The molecule has 2 aromatic carbocycles. The molecule has 0 heterocycles. The molecule has 0 aliphatic carbocycles. The Morgan fingerprint density at radius 2 is 1.53 bits per heavy atom. The van der Waals surface area contributed by atoms with Gasteiger partial charge in [-0.05, 0) is 35.0 Å². The fraction of sp³-hybridized carbons (Fsp3) is 0.0714. The molecule has 2 rings (SSSR count). The molecule has 0 saturated heterocycles. The SMILES string of the molecule is N#CSC(c1ccccc1)c1ccc(Cl)cc1. The van der Waals surface area contributed by atoms with Crippen LogP contribution in [0, 0.1) is 10.7 Å². The first kappa shape index (κ1) is 12.0. The Morgan fingerprint density at radius 3 is 2.12 bits per heavy atom. The highest BCUT2D eigenvalue weighted by Crippen LogP contribution is 2.35. The second-order valence-corrected chi connectivity index (χ2v) is 4.88. The third-order valence-corrected chi connectivity index (χ3v) is 3.58. The summed E-state index contributed by atoms with van der Waals surface area (Å²) in [5.74, 6) is 0. The predicted octanol–water partition coefficient (Wildman–Crippen LogP) is 4.64. The lowest BCUT2D eigenvalue weighted by Crippen LogP contribution is -1.95. The van der Waals surface area contributed by atoms with Crippen LogP contribution in [0.15, 0.2) is 54.6 Å². The van der Waals surface area contributed by atoms with Gasteiger partial charge in [0.25, 0.3) is 0 Å². The molecular weight excluding hydrogens is 250 g/mol. The van der Waals surface area contributed by atoms with Crippen LogP contribution >= 0.6 is 23.4 Å². The highest BCUT2D eigenvalue weighted by atomic mass is 35.5. The fourth-order valence-electron chi connectivity index (χ4n) is 1.65. The Bertz CT molecular complexity index is 516. The van der Waals surface area contributed by atoms with Gasteiger partial charge in [-0.3, -0.25) is 0 Å². The maximum atomic E-state index is 8.90. The van der Waals surface area contributed by atoms with Crippen LogP contribution in [0.5, 0.6) is 0 Å². The van der Waals surface area contributed by atoms with Crippen LogP contribution < -0.4 is 0 Å². The molecule has 1 nitrogen and oxygen atoms in total. The number of hydrogen-bond acceptors (Lipinski definition) is 2. The van der Waals surface area contributed by atoms with Crippen molar-refractivity contribution in [2.45, 2.75) is 5.25 Å². The summed E-state index contributed by atoms with van der Waals surface area (Å²) in [5.41, 5.74) is 2.22. The molecule has 0 radical (unpaired) electrons. The van der Waals surface area contributed by atoms with E-state index in [9.17, 15) is 0 Å². The van der Waals surface area contributed by atoms with Gasteiger partial charge in [-0.25, -0.2) is 0 Å². The number of thioether (sulfide) groups is 1. The van der Waals surface area contributed by atoms with Gasteiger partial charge in [-0.2, -0.15) is 5.26 Å². The van der Waals surface area contributed by atoms with Crippen molar-refractivity contribution in [1.29, 1.82) is 5.26 Å². The van der Waals surface area contributed by atoms with E-state index in [4.69, 9.17) is 16.9 Å². The summed E-state index contributed by atoms with van der Waals surface area (Å²) in [6, 6.07) is 17.6. The van der Waals surface area contributed by atoms with Crippen LogP contribution in [0.2, 0.25) is 5.02 Å². The highest BCUT2D eigenvalue weighted by molar-refractivity contribution is 8.04. The van der Waals surface area contributed by atoms with Gasteiger partial charge in [-0.15, -0.1) is 0 Å². The van der Waals surface area contributed by atoms with E-state index in [-0.39, 0.29) is 5.25 Å². The van der Waals surface area contributed by atoms with Crippen molar-refractivity contribution in [2.75, 3.05) is 0 Å². The summed E-state index contributed by atoms with van der Waals surface area (Å²) in [6.07, 6.45) is 0. The van der Waals surface area contributed by atoms with Crippen LogP contribution in [-0.2, 0) is 0 Å². The van der Waals surface area contributed by atoms with Crippen molar-refractivity contribution in [3.8, 4) is 5.40 Å². The van der Waals surface area contributed by atoms with Crippen molar-refractivity contribution in [2.24, 2.45) is 0 Å². The minimum Gasteiger partial charge on any atom is -0.185 e. The highest BCUT2D eigenvalue weighted by Gasteiger charge is 2.14. The third-order valence-electron chi connectivity index (χ3n) is 2.45. The van der Waals surface area contributed by atoms with Gasteiger partial charge in [0.1, 0.15) is 5.40 Å². The number of benzene rings is 2. The summed E-state index contributed by atoms with van der Waals surface area (Å²) in [7, 11) is 0. The molecule has 3 heteroatoms. The molecule has 0 fully saturated rings. The van der Waals surface area contributed by atoms with E-state index < -0.39 is 0 Å². The minimum absolute atomic E-state index is 0.0402. The van der Waals surface area contributed by atoms with Crippen LogP contribution in [0.3, 0.4) is 0 Å². The Balaban J connectivity index is 2.36. The average molecular weight is 260 g/mol.